The molecular weight excluding hydrogens is 346 g/mol. The maximum atomic E-state index is 12.7. The fraction of sp³-hybridized carbons (Fsp3) is 0.500. The number of benzene rings is 1. The van der Waals surface area contributed by atoms with Crippen LogP contribution in [0.5, 0.6) is 0 Å². The molecule has 2 amide bonds. The molecule has 138 valence electrons. The highest BCUT2D eigenvalue weighted by Crippen LogP contribution is 2.21. The van der Waals surface area contributed by atoms with Crippen molar-refractivity contribution < 1.29 is 23.1 Å². The quantitative estimate of drug-likeness (QED) is 0.666. The number of nitrogens with zero attached hydrogens (tertiary/aromatic N) is 1. The third kappa shape index (κ3) is 5.71. The first-order chi connectivity index (χ1) is 11.9. The van der Waals surface area contributed by atoms with Gasteiger partial charge >= 0.3 is 12.0 Å². The van der Waals surface area contributed by atoms with E-state index in [1.807, 2.05) is 0 Å². The summed E-state index contributed by atoms with van der Waals surface area (Å²) in [5, 5.41) is 13.5. The lowest BCUT2D eigenvalue weighted by molar-refractivity contribution is -0.136. The zero-order valence-corrected chi connectivity index (χ0v) is 14.7. The Hall–Kier alpha value is -2.13. The number of nitrogens with one attached hydrogen (secondary N) is 2. The van der Waals surface area contributed by atoms with Crippen LogP contribution in [0.25, 0.3) is 0 Å². The minimum atomic E-state index is -3.51. The Kier molecular flexibility index (Phi) is 6.77. The van der Waals surface area contributed by atoms with Crippen LogP contribution >= 0.6 is 0 Å². The van der Waals surface area contributed by atoms with Gasteiger partial charge in [-0.15, -0.1) is 0 Å². The number of piperidine rings is 1. The first kappa shape index (κ1) is 19.2. The van der Waals surface area contributed by atoms with Gasteiger partial charge in [0.25, 0.3) is 0 Å². The summed E-state index contributed by atoms with van der Waals surface area (Å²) in [6, 6.07) is 6.00. The van der Waals surface area contributed by atoms with E-state index in [1.165, 1.54) is 4.31 Å². The van der Waals surface area contributed by atoms with Gasteiger partial charge in [0.2, 0.25) is 10.0 Å². The molecule has 0 spiro atoms. The Morgan fingerprint density at radius 1 is 1.12 bits per heavy atom. The lowest BCUT2D eigenvalue weighted by Gasteiger charge is -2.26. The van der Waals surface area contributed by atoms with Gasteiger partial charge in [0.1, 0.15) is 0 Å². The van der Waals surface area contributed by atoms with E-state index in [0.29, 0.717) is 18.7 Å². The Labute approximate surface area is 147 Å². The zero-order chi connectivity index (χ0) is 18.3. The molecule has 1 aliphatic rings. The van der Waals surface area contributed by atoms with Crippen LogP contribution in [-0.2, 0) is 21.4 Å². The number of hydrogen-bond acceptors (Lipinski definition) is 4. The first-order valence-electron chi connectivity index (χ1n) is 8.22. The predicted octanol–water partition coefficient (Wildman–Crippen LogP) is 1.14. The number of rotatable bonds is 7. The molecule has 1 aromatic rings. The summed E-state index contributed by atoms with van der Waals surface area (Å²) in [5.74, 6) is -0.990. The van der Waals surface area contributed by atoms with Gasteiger partial charge < -0.3 is 15.7 Å². The van der Waals surface area contributed by atoms with E-state index in [-0.39, 0.29) is 24.4 Å². The monoisotopic (exact) mass is 369 g/mol. The molecule has 0 unspecified atom stereocenters. The molecule has 1 heterocycles. The number of carboxylic acid groups (broad SMARTS) is 1. The highest BCUT2D eigenvalue weighted by molar-refractivity contribution is 7.89. The maximum absolute atomic E-state index is 12.7. The molecule has 0 aliphatic carbocycles. The van der Waals surface area contributed by atoms with Crippen molar-refractivity contribution in [2.45, 2.75) is 37.1 Å². The lowest BCUT2D eigenvalue weighted by Crippen LogP contribution is -2.36. The van der Waals surface area contributed by atoms with Crippen molar-refractivity contribution >= 4 is 22.0 Å². The number of aliphatic carboxylic acids is 1. The number of amides is 2. The third-order valence-electron chi connectivity index (χ3n) is 3.93. The maximum Gasteiger partial charge on any atom is 0.315 e. The van der Waals surface area contributed by atoms with Crippen molar-refractivity contribution in [3.8, 4) is 0 Å². The van der Waals surface area contributed by atoms with Gasteiger partial charge in [-0.05, 0) is 30.5 Å². The van der Waals surface area contributed by atoms with E-state index in [0.717, 1.165) is 19.3 Å². The van der Waals surface area contributed by atoms with Gasteiger partial charge in [-0.25, -0.2) is 13.2 Å². The van der Waals surface area contributed by atoms with Crippen LogP contribution in [0, 0.1) is 0 Å². The van der Waals surface area contributed by atoms with E-state index in [2.05, 4.69) is 10.6 Å². The number of carbonyl (C=O) groups is 2. The Morgan fingerprint density at radius 3 is 2.52 bits per heavy atom. The van der Waals surface area contributed by atoms with E-state index in [9.17, 15) is 18.0 Å². The second kappa shape index (κ2) is 8.82. The highest BCUT2D eigenvalue weighted by Gasteiger charge is 2.25. The molecule has 1 aromatic carbocycles. The summed E-state index contributed by atoms with van der Waals surface area (Å²) >= 11 is 0. The topological polar surface area (TPSA) is 116 Å². The summed E-state index contributed by atoms with van der Waals surface area (Å²) < 4.78 is 26.8. The minimum absolute atomic E-state index is 0.0323. The van der Waals surface area contributed by atoms with E-state index >= 15 is 0 Å². The van der Waals surface area contributed by atoms with Crippen molar-refractivity contribution in [3.05, 3.63) is 29.8 Å². The number of hydrogen-bond donors (Lipinski definition) is 3. The normalized spacial score (nSPS) is 15.5. The van der Waals surface area contributed by atoms with Crippen LogP contribution in [0.4, 0.5) is 4.79 Å². The third-order valence-corrected chi connectivity index (χ3v) is 5.82. The molecule has 0 saturated carbocycles. The summed E-state index contributed by atoms with van der Waals surface area (Å²) in [5.41, 5.74) is 0.659. The molecule has 2 rings (SSSR count). The van der Waals surface area contributed by atoms with Crippen molar-refractivity contribution in [2.24, 2.45) is 0 Å². The number of urea groups is 1. The van der Waals surface area contributed by atoms with Crippen LogP contribution in [0.3, 0.4) is 0 Å². The summed E-state index contributed by atoms with van der Waals surface area (Å²) in [7, 11) is -3.51. The van der Waals surface area contributed by atoms with Crippen LogP contribution in [-0.4, -0.2) is 49.5 Å². The molecular formula is C16H23N3O5S. The molecule has 25 heavy (non-hydrogen) atoms. The van der Waals surface area contributed by atoms with E-state index in [4.69, 9.17) is 5.11 Å². The lowest BCUT2D eigenvalue weighted by atomic mass is 10.2. The van der Waals surface area contributed by atoms with Crippen molar-refractivity contribution in [1.29, 1.82) is 0 Å². The summed E-state index contributed by atoms with van der Waals surface area (Å²) in [4.78, 5) is 22.2. The number of carbonyl (C=O) groups excluding carboxylic acids is 1. The zero-order valence-electron chi connectivity index (χ0n) is 13.9. The average molecular weight is 369 g/mol. The molecule has 0 atom stereocenters. The molecule has 9 heteroatoms. The van der Waals surface area contributed by atoms with Crippen LogP contribution < -0.4 is 10.6 Å². The Balaban J connectivity index is 1.94. The molecule has 1 fully saturated rings. The molecule has 1 aliphatic heterocycles. The predicted molar refractivity (Wildman–Crippen MR) is 91.5 cm³/mol. The average Bonchev–Trinajstić information content (AvgIpc) is 2.60. The van der Waals surface area contributed by atoms with Gasteiger partial charge in [-0.2, -0.15) is 4.31 Å². The van der Waals surface area contributed by atoms with Gasteiger partial charge in [0, 0.05) is 26.2 Å². The smallest absolute Gasteiger partial charge is 0.315 e. The second-order valence-corrected chi connectivity index (χ2v) is 7.80. The highest BCUT2D eigenvalue weighted by atomic mass is 32.2. The van der Waals surface area contributed by atoms with Crippen molar-refractivity contribution in [2.75, 3.05) is 19.6 Å². The largest absolute Gasteiger partial charge is 0.481 e. The number of sulfonamides is 1. The molecule has 1 saturated heterocycles. The van der Waals surface area contributed by atoms with Crippen LogP contribution in [0.1, 0.15) is 31.2 Å². The van der Waals surface area contributed by atoms with E-state index < -0.39 is 22.0 Å². The van der Waals surface area contributed by atoms with Gasteiger partial charge in [-0.1, -0.05) is 18.6 Å². The van der Waals surface area contributed by atoms with Crippen LogP contribution in [0.15, 0.2) is 29.2 Å². The molecule has 0 radical (unpaired) electrons. The van der Waals surface area contributed by atoms with Gasteiger partial charge in [0.05, 0.1) is 11.3 Å². The van der Waals surface area contributed by atoms with Gasteiger partial charge in [0.15, 0.2) is 0 Å². The first-order valence-corrected chi connectivity index (χ1v) is 9.66. The second-order valence-electron chi connectivity index (χ2n) is 5.87. The summed E-state index contributed by atoms with van der Waals surface area (Å²) in [6.45, 7) is 1.26. The Bertz CT molecular complexity index is 714. The molecule has 0 aromatic heterocycles. The Morgan fingerprint density at radius 2 is 1.84 bits per heavy atom. The van der Waals surface area contributed by atoms with Crippen LogP contribution in [0.2, 0.25) is 0 Å². The summed E-state index contributed by atoms with van der Waals surface area (Å²) in [6.07, 6.45) is 2.64. The minimum Gasteiger partial charge on any atom is -0.481 e. The standard InChI is InChI=1S/C16H23N3O5S/c20-15(21)7-8-17-16(22)18-12-13-5-4-6-14(11-13)25(23,24)19-9-2-1-3-10-19/h4-6,11H,1-3,7-10,12H2,(H,20,21)(H2,17,18,22). The van der Waals surface area contributed by atoms with Crippen molar-refractivity contribution in [3.63, 3.8) is 0 Å². The molecule has 8 nitrogen and oxygen atoms in total. The SMILES string of the molecule is O=C(O)CCNC(=O)NCc1cccc(S(=O)(=O)N2CCCCC2)c1. The van der Waals surface area contributed by atoms with Gasteiger partial charge in [-0.3, -0.25) is 4.79 Å². The molecule has 0 bridgehead atoms. The fourth-order valence-corrected chi connectivity index (χ4v) is 4.19. The van der Waals surface area contributed by atoms with Crippen molar-refractivity contribution in [1.82, 2.24) is 14.9 Å². The molecule has 3 N–H and O–H groups in total. The fourth-order valence-electron chi connectivity index (χ4n) is 2.60. The number of carboxylic acids is 1. The van der Waals surface area contributed by atoms with E-state index in [1.54, 1.807) is 24.3 Å².